The van der Waals surface area contributed by atoms with E-state index < -0.39 is 0 Å². The number of carbonyl (C=O) groups is 2. The maximum absolute atomic E-state index is 12.7. The first kappa shape index (κ1) is 19.7. The molecule has 8 heteroatoms. The number of benzene rings is 1. The van der Waals surface area contributed by atoms with E-state index in [1.54, 1.807) is 6.07 Å². The van der Waals surface area contributed by atoms with Gasteiger partial charge < -0.3 is 15.6 Å². The third-order valence-electron chi connectivity index (χ3n) is 5.62. The molecule has 3 aromatic rings. The zero-order valence-corrected chi connectivity index (χ0v) is 17.2. The van der Waals surface area contributed by atoms with E-state index in [2.05, 4.69) is 25.6 Å². The molecule has 0 spiro atoms. The molecule has 2 aliphatic rings. The highest BCUT2D eigenvalue weighted by Crippen LogP contribution is 2.33. The van der Waals surface area contributed by atoms with Gasteiger partial charge in [0.15, 0.2) is 0 Å². The molecule has 3 heterocycles. The second kappa shape index (κ2) is 8.12. The molecule has 0 radical (unpaired) electrons. The second-order valence-corrected chi connectivity index (χ2v) is 7.88. The van der Waals surface area contributed by atoms with Crippen LogP contribution >= 0.6 is 0 Å². The quantitative estimate of drug-likeness (QED) is 0.594. The van der Waals surface area contributed by atoms with Crippen LogP contribution in [0.5, 0.6) is 0 Å². The number of nitrogens with zero attached hydrogens (tertiary/aromatic N) is 3. The largest absolute Gasteiger partial charge is 0.359 e. The summed E-state index contributed by atoms with van der Waals surface area (Å²) in [4.78, 5) is 36.4. The van der Waals surface area contributed by atoms with Gasteiger partial charge in [-0.25, -0.2) is 4.98 Å². The Kier molecular flexibility index (Phi) is 5.00. The molecular weight excluding hydrogens is 404 g/mol. The Balaban J connectivity index is 1.41. The van der Waals surface area contributed by atoms with Gasteiger partial charge in [-0.3, -0.25) is 14.6 Å². The van der Waals surface area contributed by atoms with Crippen molar-refractivity contribution in [1.82, 2.24) is 15.3 Å². The summed E-state index contributed by atoms with van der Waals surface area (Å²) < 4.78 is 0. The average Bonchev–Trinajstić information content (AvgIpc) is 3.58. The van der Waals surface area contributed by atoms with E-state index >= 15 is 0 Å². The minimum Gasteiger partial charge on any atom is -0.359 e. The van der Waals surface area contributed by atoms with Crippen molar-refractivity contribution in [2.24, 2.45) is 10.9 Å². The lowest BCUT2D eigenvalue weighted by molar-refractivity contribution is -0.120. The van der Waals surface area contributed by atoms with Crippen LogP contribution in [0, 0.1) is 17.2 Å². The number of fused-ring (bicyclic) bond motifs is 1. The van der Waals surface area contributed by atoms with Gasteiger partial charge in [-0.2, -0.15) is 5.26 Å². The lowest BCUT2D eigenvalue weighted by Gasteiger charge is -2.14. The highest BCUT2D eigenvalue weighted by Gasteiger charge is 2.30. The minimum atomic E-state index is -0.318. The molecule has 8 nitrogen and oxygen atoms in total. The summed E-state index contributed by atoms with van der Waals surface area (Å²) in [5, 5.41) is 15.8. The number of nitriles is 1. The van der Waals surface area contributed by atoms with E-state index in [9.17, 15) is 9.59 Å². The highest BCUT2D eigenvalue weighted by atomic mass is 16.2. The molecule has 1 aromatic carbocycles. The van der Waals surface area contributed by atoms with Crippen LogP contribution < -0.4 is 10.6 Å². The Bertz CT molecular complexity index is 1340. The zero-order valence-electron chi connectivity index (χ0n) is 17.2. The van der Waals surface area contributed by atoms with Crippen LogP contribution in [-0.4, -0.2) is 34.2 Å². The number of nitrogens with one attached hydrogen (secondary N) is 3. The third kappa shape index (κ3) is 3.88. The van der Waals surface area contributed by atoms with Crippen LogP contribution in [-0.2, 0) is 4.79 Å². The number of anilines is 1. The molecule has 3 N–H and O–H groups in total. The van der Waals surface area contributed by atoms with Crippen molar-refractivity contribution in [1.29, 1.82) is 5.26 Å². The Morgan fingerprint density at radius 2 is 2.06 bits per heavy atom. The van der Waals surface area contributed by atoms with Crippen molar-refractivity contribution in [3.8, 4) is 6.07 Å². The number of dihydropyridines is 1. The van der Waals surface area contributed by atoms with Gasteiger partial charge in [0.25, 0.3) is 5.91 Å². The monoisotopic (exact) mass is 424 g/mol. The van der Waals surface area contributed by atoms with Crippen LogP contribution in [0.25, 0.3) is 16.5 Å². The molecule has 158 valence electrons. The van der Waals surface area contributed by atoms with Crippen molar-refractivity contribution in [2.75, 3.05) is 11.9 Å². The SMILES string of the molecule is N#Cc1cc(C(=O)Nc2cccc3c(C4=CC(NC(=O)C5CC5)=NCC4)c[nH]c23)ccn1. The van der Waals surface area contributed by atoms with Gasteiger partial charge in [-0.05, 0) is 49.1 Å². The number of H-pyrrole nitrogens is 1. The number of aromatic amines is 1. The number of para-hydroxylation sites is 1. The van der Waals surface area contributed by atoms with E-state index in [4.69, 9.17) is 5.26 Å². The molecule has 1 aliphatic carbocycles. The Morgan fingerprint density at radius 3 is 2.88 bits per heavy atom. The van der Waals surface area contributed by atoms with E-state index in [1.165, 1.54) is 12.3 Å². The first-order valence-electron chi connectivity index (χ1n) is 10.5. The van der Waals surface area contributed by atoms with Crippen molar-refractivity contribution < 1.29 is 9.59 Å². The lowest BCUT2D eigenvalue weighted by atomic mass is 9.99. The van der Waals surface area contributed by atoms with Crippen molar-refractivity contribution in [3.63, 3.8) is 0 Å². The minimum absolute atomic E-state index is 0.0424. The molecule has 0 bridgehead atoms. The number of pyridine rings is 1. The van der Waals surface area contributed by atoms with Gasteiger partial charge in [0.1, 0.15) is 17.6 Å². The maximum Gasteiger partial charge on any atom is 0.255 e. The molecule has 0 atom stereocenters. The Labute approximate surface area is 184 Å². The van der Waals surface area contributed by atoms with Crippen molar-refractivity contribution in [3.05, 3.63) is 65.6 Å². The van der Waals surface area contributed by atoms with Crippen molar-refractivity contribution >= 4 is 39.8 Å². The van der Waals surface area contributed by atoms with Crippen LogP contribution in [0.3, 0.4) is 0 Å². The topological polar surface area (TPSA) is 123 Å². The predicted octanol–water partition coefficient (Wildman–Crippen LogP) is 3.40. The average molecular weight is 424 g/mol. The first-order chi connectivity index (χ1) is 15.6. The third-order valence-corrected chi connectivity index (χ3v) is 5.62. The van der Waals surface area contributed by atoms with Crippen LogP contribution in [0.2, 0.25) is 0 Å². The number of carbonyl (C=O) groups excluding carboxylic acids is 2. The van der Waals surface area contributed by atoms with Gasteiger partial charge in [0, 0.05) is 41.4 Å². The number of hydrogen-bond acceptors (Lipinski definition) is 5. The summed E-state index contributed by atoms with van der Waals surface area (Å²) in [7, 11) is 0. The number of amides is 2. The van der Waals surface area contributed by atoms with E-state index in [0.717, 1.165) is 41.3 Å². The summed E-state index contributed by atoms with van der Waals surface area (Å²) in [5.74, 6) is 0.454. The van der Waals surface area contributed by atoms with Gasteiger partial charge >= 0.3 is 0 Å². The number of rotatable bonds is 4. The second-order valence-electron chi connectivity index (χ2n) is 7.88. The molecule has 1 aliphatic heterocycles. The molecular formula is C24H20N6O2. The zero-order chi connectivity index (χ0) is 22.1. The Hall–Kier alpha value is -4.25. The van der Waals surface area contributed by atoms with E-state index in [-0.39, 0.29) is 23.4 Å². The fourth-order valence-electron chi connectivity index (χ4n) is 3.79. The Morgan fingerprint density at radius 1 is 1.19 bits per heavy atom. The van der Waals surface area contributed by atoms with Gasteiger partial charge in [0.2, 0.25) is 5.91 Å². The molecule has 2 amide bonds. The predicted molar refractivity (Wildman–Crippen MR) is 121 cm³/mol. The number of hydrogen-bond donors (Lipinski definition) is 3. The van der Waals surface area contributed by atoms with Gasteiger partial charge in [0.05, 0.1) is 11.2 Å². The van der Waals surface area contributed by atoms with Crippen LogP contribution in [0.4, 0.5) is 5.69 Å². The van der Waals surface area contributed by atoms with Gasteiger partial charge in [-0.15, -0.1) is 0 Å². The van der Waals surface area contributed by atoms with Crippen LogP contribution in [0.1, 0.15) is 40.9 Å². The molecule has 5 rings (SSSR count). The molecule has 0 saturated heterocycles. The summed E-state index contributed by atoms with van der Waals surface area (Å²) in [6, 6.07) is 10.7. The summed E-state index contributed by atoms with van der Waals surface area (Å²) in [5.41, 5.74) is 4.09. The van der Waals surface area contributed by atoms with Crippen molar-refractivity contribution in [2.45, 2.75) is 19.3 Å². The number of amidine groups is 1. The van der Waals surface area contributed by atoms with E-state index in [0.29, 0.717) is 23.6 Å². The fourth-order valence-corrected chi connectivity index (χ4v) is 3.79. The van der Waals surface area contributed by atoms with Gasteiger partial charge in [-0.1, -0.05) is 12.1 Å². The van der Waals surface area contributed by atoms with Crippen LogP contribution in [0.15, 0.2) is 53.8 Å². The number of aromatic nitrogens is 2. The summed E-state index contributed by atoms with van der Waals surface area (Å²) >= 11 is 0. The lowest BCUT2D eigenvalue weighted by Crippen LogP contribution is -2.31. The molecule has 2 aromatic heterocycles. The standard InChI is InChI=1S/C24H20N6O2/c25-12-17-10-16(7-8-26-17)24(32)29-20-3-1-2-18-19(13-28-22(18)20)15-6-9-27-21(11-15)30-23(31)14-4-5-14/h1-3,7-8,10-11,13-14,28H,4-6,9H2,(H,29,32)(H,27,30,31). The molecule has 1 fully saturated rings. The molecule has 0 unspecified atom stereocenters. The van der Waals surface area contributed by atoms with E-state index in [1.807, 2.05) is 36.5 Å². The fraction of sp³-hybridized carbons (Fsp3) is 0.208. The summed E-state index contributed by atoms with van der Waals surface area (Å²) in [6.07, 6.45) is 7.95. The normalized spacial score (nSPS) is 15.5. The first-order valence-corrected chi connectivity index (χ1v) is 10.5. The molecule has 1 saturated carbocycles. The maximum atomic E-state index is 12.7. The molecule has 32 heavy (non-hydrogen) atoms. The number of aliphatic imine (C=N–C) groups is 1. The summed E-state index contributed by atoms with van der Waals surface area (Å²) in [6.45, 7) is 0.610. The highest BCUT2D eigenvalue weighted by molar-refractivity contribution is 6.13. The smallest absolute Gasteiger partial charge is 0.255 e.